The van der Waals surface area contributed by atoms with Crippen molar-refractivity contribution < 1.29 is 8.42 Å². The van der Waals surface area contributed by atoms with Crippen LogP contribution >= 0.6 is 11.3 Å². The van der Waals surface area contributed by atoms with E-state index in [2.05, 4.69) is 16.8 Å². The van der Waals surface area contributed by atoms with Crippen molar-refractivity contribution in [1.29, 1.82) is 0 Å². The lowest BCUT2D eigenvalue weighted by molar-refractivity contribution is 0.164. The van der Waals surface area contributed by atoms with Gasteiger partial charge in [-0.05, 0) is 39.5 Å². The van der Waals surface area contributed by atoms with Gasteiger partial charge in [-0.1, -0.05) is 0 Å². The average molecular weight is 344 g/mol. The Kier molecular flexibility index (Phi) is 4.60. The summed E-state index contributed by atoms with van der Waals surface area (Å²) in [6.45, 7) is 6.99. The molecule has 1 aromatic heterocycles. The lowest BCUT2D eigenvalue weighted by atomic mass is 10.1. The maximum atomic E-state index is 12.3. The molecule has 1 aliphatic heterocycles. The molecular formula is C15H25N3O2S2. The Labute approximate surface area is 137 Å². The van der Waals surface area contributed by atoms with Crippen molar-refractivity contribution in [3.8, 4) is 0 Å². The third-order valence-electron chi connectivity index (χ3n) is 4.79. The molecule has 2 fully saturated rings. The first-order chi connectivity index (χ1) is 10.4. The summed E-state index contributed by atoms with van der Waals surface area (Å²) in [6, 6.07) is 0.172. The molecular weight excluding hydrogens is 318 g/mol. The summed E-state index contributed by atoms with van der Waals surface area (Å²) in [5, 5.41) is 1.02. The summed E-state index contributed by atoms with van der Waals surface area (Å²) < 4.78 is 26.3. The fraction of sp³-hybridized carbons (Fsp3) is 0.800. The molecule has 0 radical (unpaired) electrons. The average Bonchev–Trinajstić information content (AvgIpc) is 3.27. The number of sulfonamides is 1. The van der Waals surface area contributed by atoms with Gasteiger partial charge in [0.25, 0.3) is 0 Å². The molecule has 22 heavy (non-hydrogen) atoms. The zero-order valence-corrected chi connectivity index (χ0v) is 15.2. The lowest BCUT2D eigenvalue weighted by Crippen LogP contribution is -2.46. The van der Waals surface area contributed by atoms with Gasteiger partial charge >= 0.3 is 0 Å². The minimum absolute atomic E-state index is 0.0988. The van der Waals surface area contributed by atoms with E-state index in [1.807, 2.05) is 6.92 Å². The number of likely N-dealkylation sites (tertiary alicyclic amines) is 1. The smallest absolute Gasteiger partial charge is 0.216 e. The number of piperidine rings is 1. The Morgan fingerprint density at radius 3 is 2.36 bits per heavy atom. The van der Waals surface area contributed by atoms with Gasteiger partial charge in [0.05, 0.1) is 16.0 Å². The second-order valence-corrected chi connectivity index (χ2v) is 10.1. The summed E-state index contributed by atoms with van der Waals surface area (Å²) in [6.07, 6.45) is 3.55. The molecule has 0 aromatic carbocycles. The molecule has 7 heteroatoms. The molecule has 0 unspecified atom stereocenters. The van der Waals surface area contributed by atoms with Crippen molar-refractivity contribution in [1.82, 2.24) is 14.2 Å². The highest BCUT2D eigenvalue weighted by Crippen LogP contribution is 2.33. The molecule has 1 aliphatic carbocycles. The van der Waals surface area contributed by atoms with Crippen LogP contribution < -0.4 is 0 Å². The molecule has 2 heterocycles. The summed E-state index contributed by atoms with van der Waals surface area (Å²) in [4.78, 5) is 8.25. The first-order valence-corrected chi connectivity index (χ1v) is 10.3. The summed E-state index contributed by atoms with van der Waals surface area (Å²) in [5.41, 5.74) is 1.14. The van der Waals surface area contributed by atoms with Crippen LogP contribution in [0.25, 0.3) is 0 Å². The van der Waals surface area contributed by atoms with E-state index in [-0.39, 0.29) is 11.3 Å². The van der Waals surface area contributed by atoms with E-state index in [4.69, 9.17) is 0 Å². The number of nitrogens with zero attached hydrogens (tertiary/aromatic N) is 3. The minimum atomic E-state index is -3.04. The van der Waals surface area contributed by atoms with Crippen molar-refractivity contribution in [2.24, 2.45) is 0 Å². The predicted molar refractivity (Wildman–Crippen MR) is 89.6 cm³/mol. The van der Waals surface area contributed by atoms with Crippen LogP contribution in [0.15, 0.2) is 0 Å². The monoisotopic (exact) mass is 343 g/mol. The Balaban J connectivity index is 1.55. The largest absolute Gasteiger partial charge is 0.298 e. The molecule has 0 N–H and O–H groups in total. The maximum Gasteiger partial charge on any atom is 0.216 e. The second-order valence-electron chi connectivity index (χ2n) is 6.51. The van der Waals surface area contributed by atoms with Gasteiger partial charge in [0.2, 0.25) is 10.0 Å². The van der Waals surface area contributed by atoms with Gasteiger partial charge in [0.15, 0.2) is 0 Å². The maximum absolute atomic E-state index is 12.3. The predicted octanol–water partition coefficient (Wildman–Crippen LogP) is 2.15. The van der Waals surface area contributed by atoms with Crippen molar-refractivity contribution >= 4 is 21.4 Å². The van der Waals surface area contributed by atoms with E-state index in [0.717, 1.165) is 56.0 Å². The van der Waals surface area contributed by atoms with Gasteiger partial charge in [-0.3, -0.25) is 4.90 Å². The molecule has 3 rings (SSSR count). The number of hydrogen-bond donors (Lipinski definition) is 0. The van der Waals surface area contributed by atoms with Crippen molar-refractivity contribution in [3.05, 3.63) is 15.6 Å². The first kappa shape index (κ1) is 16.4. The fourth-order valence-corrected chi connectivity index (χ4v) is 5.98. The number of thiazole rings is 1. The van der Waals surface area contributed by atoms with Gasteiger partial charge in [0, 0.05) is 37.6 Å². The fourth-order valence-electron chi connectivity index (χ4n) is 3.17. The van der Waals surface area contributed by atoms with Crippen LogP contribution in [0.5, 0.6) is 0 Å². The summed E-state index contributed by atoms with van der Waals surface area (Å²) in [5.74, 6) is 0. The van der Waals surface area contributed by atoms with Crippen LogP contribution in [-0.2, 0) is 16.6 Å². The molecule has 0 amide bonds. The molecule has 0 atom stereocenters. The number of rotatable bonds is 5. The van der Waals surface area contributed by atoms with Crippen LogP contribution in [0.4, 0.5) is 0 Å². The van der Waals surface area contributed by atoms with Crippen molar-refractivity contribution in [2.45, 2.75) is 57.4 Å². The normalized spacial score (nSPS) is 21.6. The van der Waals surface area contributed by atoms with Gasteiger partial charge in [0.1, 0.15) is 0 Å². The standard InChI is InChI=1S/C15H25N3O2S2/c1-11-15(21-12(2)16-11)10-18-8-6-13(7-9-18)17(3)22(19,20)14-4-5-14/h13-14H,4-10H2,1-3H3. The molecule has 1 aromatic rings. The Hall–Kier alpha value is -0.500. The van der Waals surface area contributed by atoms with E-state index in [9.17, 15) is 8.42 Å². The third-order valence-corrected chi connectivity index (χ3v) is 8.26. The van der Waals surface area contributed by atoms with Gasteiger partial charge in [-0.2, -0.15) is 0 Å². The van der Waals surface area contributed by atoms with Gasteiger partial charge in [-0.25, -0.2) is 17.7 Å². The quantitative estimate of drug-likeness (QED) is 0.822. The Morgan fingerprint density at radius 2 is 1.86 bits per heavy atom. The molecule has 1 saturated carbocycles. The number of aryl methyl sites for hydroxylation is 2. The van der Waals surface area contributed by atoms with Crippen LogP contribution in [0.1, 0.15) is 41.3 Å². The van der Waals surface area contributed by atoms with E-state index in [1.54, 1.807) is 22.7 Å². The molecule has 5 nitrogen and oxygen atoms in total. The van der Waals surface area contributed by atoms with E-state index >= 15 is 0 Å². The summed E-state index contributed by atoms with van der Waals surface area (Å²) >= 11 is 1.77. The van der Waals surface area contributed by atoms with Crippen LogP contribution in [0.3, 0.4) is 0 Å². The second kappa shape index (κ2) is 6.19. The number of hydrogen-bond acceptors (Lipinski definition) is 5. The van der Waals surface area contributed by atoms with E-state index in [0.29, 0.717) is 0 Å². The lowest BCUT2D eigenvalue weighted by Gasteiger charge is -2.36. The van der Waals surface area contributed by atoms with Gasteiger partial charge < -0.3 is 0 Å². The molecule has 0 bridgehead atoms. The zero-order valence-electron chi connectivity index (χ0n) is 13.6. The third kappa shape index (κ3) is 3.37. The van der Waals surface area contributed by atoms with Crippen LogP contribution in [0.2, 0.25) is 0 Å². The molecule has 1 saturated heterocycles. The highest BCUT2D eigenvalue weighted by Gasteiger charge is 2.41. The zero-order chi connectivity index (χ0) is 15.9. The molecule has 2 aliphatic rings. The molecule has 0 spiro atoms. The van der Waals surface area contributed by atoms with E-state index < -0.39 is 10.0 Å². The highest BCUT2D eigenvalue weighted by atomic mass is 32.2. The number of aromatic nitrogens is 1. The van der Waals surface area contributed by atoms with Crippen LogP contribution in [-0.4, -0.2) is 54.0 Å². The van der Waals surface area contributed by atoms with Crippen molar-refractivity contribution in [3.63, 3.8) is 0 Å². The van der Waals surface area contributed by atoms with Crippen LogP contribution in [0, 0.1) is 13.8 Å². The molecule has 124 valence electrons. The summed E-state index contributed by atoms with van der Waals surface area (Å²) in [7, 11) is -1.27. The minimum Gasteiger partial charge on any atom is -0.298 e. The SMILES string of the molecule is Cc1nc(C)c(CN2CCC(N(C)S(=O)(=O)C3CC3)CC2)s1. The first-order valence-electron chi connectivity index (χ1n) is 8.00. The Morgan fingerprint density at radius 1 is 1.23 bits per heavy atom. The Bertz CT molecular complexity index is 629. The topological polar surface area (TPSA) is 53.5 Å². The van der Waals surface area contributed by atoms with Crippen molar-refractivity contribution in [2.75, 3.05) is 20.1 Å². The van der Waals surface area contributed by atoms with E-state index in [1.165, 1.54) is 4.88 Å². The highest BCUT2D eigenvalue weighted by molar-refractivity contribution is 7.90. The van der Waals surface area contributed by atoms with Gasteiger partial charge in [-0.15, -0.1) is 11.3 Å².